The number of carbonyl (C=O) groups is 1. The number of likely N-dealkylation sites (N-methyl/N-ethyl adjacent to an activating group) is 1. The number of likely N-dealkylation sites (tertiary alicyclic amines) is 1. The zero-order valence-corrected chi connectivity index (χ0v) is 20.2. The van der Waals surface area contributed by atoms with E-state index in [1.807, 2.05) is 39.1 Å². The minimum absolute atomic E-state index is 0.0108. The lowest BCUT2D eigenvalue weighted by atomic mass is 10.1. The van der Waals surface area contributed by atoms with Gasteiger partial charge in [-0.25, -0.2) is 4.99 Å². The van der Waals surface area contributed by atoms with Crippen molar-refractivity contribution in [1.29, 1.82) is 0 Å². The van der Waals surface area contributed by atoms with Crippen LogP contribution in [0, 0.1) is 0 Å². The van der Waals surface area contributed by atoms with Gasteiger partial charge in [0.1, 0.15) is 5.84 Å². The van der Waals surface area contributed by atoms with E-state index in [1.54, 1.807) is 24.0 Å². The van der Waals surface area contributed by atoms with Gasteiger partial charge in [0, 0.05) is 36.8 Å². The molecule has 1 aromatic heterocycles. The summed E-state index contributed by atoms with van der Waals surface area (Å²) in [4.78, 5) is 26.2. The molecule has 1 saturated heterocycles. The molecule has 4 N–H and O–H groups in total. The second kappa shape index (κ2) is 11.1. The maximum Gasteiger partial charge on any atom is 0.253 e. The highest BCUT2D eigenvalue weighted by atomic mass is 16.5. The van der Waals surface area contributed by atoms with Crippen molar-refractivity contribution in [3.63, 3.8) is 0 Å². The van der Waals surface area contributed by atoms with Crippen molar-refractivity contribution < 1.29 is 9.53 Å². The topological polar surface area (TPSA) is 110 Å². The fourth-order valence-electron chi connectivity index (χ4n) is 3.91. The van der Waals surface area contributed by atoms with Crippen LogP contribution in [0.4, 0.5) is 5.82 Å². The number of nitrogens with zero attached hydrogens (tertiary/aromatic N) is 4. The predicted octanol–water partition coefficient (Wildman–Crippen LogP) is 3.43. The van der Waals surface area contributed by atoms with E-state index in [1.165, 1.54) is 19.3 Å². The third-order valence-corrected chi connectivity index (χ3v) is 5.54. The third-order valence-electron chi connectivity index (χ3n) is 5.54. The first-order chi connectivity index (χ1) is 15.7. The molecule has 1 amide bonds. The van der Waals surface area contributed by atoms with Gasteiger partial charge in [0.05, 0.1) is 6.10 Å². The molecule has 8 heteroatoms. The zero-order valence-electron chi connectivity index (χ0n) is 20.2. The largest absolute Gasteiger partial charge is 0.474 e. The van der Waals surface area contributed by atoms with Gasteiger partial charge in [-0.3, -0.25) is 4.79 Å². The monoisotopic (exact) mass is 452 g/mol. The van der Waals surface area contributed by atoms with Crippen LogP contribution < -0.4 is 16.2 Å². The van der Waals surface area contributed by atoms with E-state index in [-0.39, 0.29) is 17.8 Å². The Morgan fingerprint density at radius 3 is 2.64 bits per heavy atom. The maximum absolute atomic E-state index is 13.1. The van der Waals surface area contributed by atoms with Crippen LogP contribution in [0.5, 0.6) is 5.88 Å². The number of benzene rings is 1. The molecular weight excluding hydrogens is 416 g/mol. The molecule has 1 fully saturated rings. The number of allylic oxidation sites excluding steroid dienone is 1. The summed E-state index contributed by atoms with van der Waals surface area (Å²) in [6, 6.07) is 7.38. The summed E-state index contributed by atoms with van der Waals surface area (Å²) in [5, 5.41) is 1.63. The van der Waals surface area contributed by atoms with E-state index >= 15 is 0 Å². The van der Waals surface area contributed by atoms with Crippen molar-refractivity contribution in [2.24, 2.45) is 16.5 Å². The normalized spacial score (nSPS) is 15.8. The van der Waals surface area contributed by atoms with E-state index in [4.69, 9.17) is 16.2 Å². The van der Waals surface area contributed by atoms with Crippen LogP contribution in [0.3, 0.4) is 0 Å². The molecule has 8 nitrogen and oxygen atoms in total. The summed E-state index contributed by atoms with van der Waals surface area (Å²) < 4.78 is 5.92. The van der Waals surface area contributed by atoms with Crippen LogP contribution in [0.25, 0.3) is 10.8 Å². The summed E-state index contributed by atoms with van der Waals surface area (Å²) in [6.45, 7) is 9.46. The summed E-state index contributed by atoms with van der Waals surface area (Å²) in [6.07, 6.45) is 5.30. The van der Waals surface area contributed by atoms with Crippen molar-refractivity contribution in [3.05, 3.63) is 41.6 Å². The Hall–Kier alpha value is -3.13. The number of rotatable bonds is 8. The number of ether oxygens (including phenoxy) is 1. The molecule has 2 aromatic rings. The number of amides is 1. The Balaban J connectivity index is 1.87. The van der Waals surface area contributed by atoms with Crippen LogP contribution in [0.1, 0.15) is 50.4 Å². The number of pyridine rings is 1. The van der Waals surface area contributed by atoms with Gasteiger partial charge in [0.25, 0.3) is 5.91 Å². The fourth-order valence-corrected chi connectivity index (χ4v) is 3.91. The smallest absolute Gasteiger partial charge is 0.253 e. The van der Waals surface area contributed by atoms with Crippen LogP contribution in [-0.2, 0) is 0 Å². The van der Waals surface area contributed by atoms with Crippen molar-refractivity contribution >= 4 is 28.3 Å². The summed E-state index contributed by atoms with van der Waals surface area (Å²) in [5.41, 5.74) is 12.8. The number of aliphatic imine (C=N–C) groups is 1. The van der Waals surface area contributed by atoms with E-state index in [9.17, 15) is 4.79 Å². The molecule has 0 atom stereocenters. The number of nitrogens with two attached hydrogens (primary N) is 2. The lowest BCUT2D eigenvalue weighted by Crippen LogP contribution is -2.38. The molecular formula is C25H36N6O2. The lowest BCUT2D eigenvalue weighted by Gasteiger charge is -2.28. The van der Waals surface area contributed by atoms with E-state index < -0.39 is 0 Å². The van der Waals surface area contributed by atoms with Gasteiger partial charge in [-0.05, 0) is 82.4 Å². The average Bonchev–Trinajstić information content (AvgIpc) is 2.76. The van der Waals surface area contributed by atoms with E-state index in [2.05, 4.69) is 14.9 Å². The Morgan fingerprint density at radius 2 is 1.97 bits per heavy atom. The molecule has 1 aromatic carbocycles. The molecule has 0 unspecified atom stereocenters. The second-order valence-electron chi connectivity index (χ2n) is 8.94. The minimum atomic E-state index is -0.0642. The molecule has 2 heterocycles. The highest BCUT2D eigenvalue weighted by molar-refractivity contribution is 6.00. The molecule has 0 radical (unpaired) electrons. The number of fused-ring (bicyclic) bond motifs is 1. The molecule has 3 rings (SSSR count). The first-order valence-corrected chi connectivity index (χ1v) is 11.6. The zero-order chi connectivity index (χ0) is 24.0. The lowest BCUT2D eigenvalue weighted by molar-refractivity contribution is 0.0773. The summed E-state index contributed by atoms with van der Waals surface area (Å²) in [5.74, 6) is 1.10. The Kier molecular flexibility index (Phi) is 8.27. The first kappa shape index (κ1) is 24.5. The third kappa shape index (κ3) is 6.92. The standard InChI is InChI=1S/C25H36N6O2/c1-17(2)33-24-21-9-8-19(25(32)30(4)12-13-31-10-6-5-7-11-31)15-20(21)16-23(29-24)28-22(27)14-18(3)26/h8-9,14-17H,5-7,10-13,26H2,1-4H3,(H2,27,28,29)/b18-14-. The van der Waals surface area contributed by atoms with Gasteiger partial charge in [-0.2, -0.15) is 4.98 Å². The number of amidine groups is 1. The van der Waals surface area contributed by atoms with Gasteiger partial charge in [-0.1, -0.05) is 6.42 Å². The van der Waals surface area contributed by atoms with Crippen molar-refractivity contribution in [2.75, 3.05) is 33.2 Å². The number of piperidine rings is 1. The number of aromatic nitrogens is 1. The van der Waals surface area contributed by atoms with Crippen LogP contribution in [0.2, 0.25) is 0 Å². The second-order valence-corrected chi connectivity index (χ2v) is 8.94. The molecule has 0 aliphatic carbocycles. The highest BCUT2D eigenvalue weighted by Crippen LogP contribution is 2.30. The van der Waals surface area contributed by atoms with Gasteiger partial charge >= 0.3 is 0 Å². The van der Waals surface area contributed by atoms with Crippen LogP contribution in [-0.4, -0.2) is 65.9 Å². The van der Waals surface area contributed by atoms with Gasteiger partial charge in [0.15, 0.2) is 5.82 Å². The Labute approximate surface area is 196 Å². The average molecular weight is 453 g/mol. The quantitative estimate of drug-likeness (QED) is 0.469. The number of hydrogen-bond donors (Lipinski definition) is 2. The maximum atomic E-state index is 13.1. The van der Waals surface area contributed by atoms with Crippen LogP contribution in [0.15, 0.2) is 41.0 Å². The summed E-state index contributed by atoms with van der Waals surface area (Å²) in [7, 11) is 1.86. The van der Waals surface area contributed by atoms with Crippen molar-refractivity contribution in [1.82, 2.24) is 14.8 Å². The van der Waals surface area contributed by atoms with Crippen molar-refractivity contribution in [3.8, 4) is 5.88 Å². The van der Waals surface area contributed by atoms with Crippen molar-refractivity contribution in [2.45, 2.75) is 46.1 Å². The van der Waals surface area contributed by atoms with E-state index in [0.717, 1.165) is 30.4 Å². The predicted molar refractivity (Wildman–Crippen MR) is 134 cm³/mol. The van der Waals surface area contributed by atoms with E-state index in [0.29, 0.717) is 29.5 Å². The SMILES string of the molecule is C/C(N)=C/C(N)=Nc1cc2cc(C(=O)N(C)CCN3CCCCC3)ccc2c(OC(C)C)n1. The molecule has 33 heavy (non-hydrogen) atoms. The highest BCUT2D eigenvalue weighted by Gasteiger charge is 2.17. The van der Waals surface area contributed by atoms with Gasteiger partial charge in [-0.15, -0.1) is 0 Å². The fraction of sp³-hybridized carbons (Fsp3) is 0.480. The molecule has 1 aliphatic heterocycles. The molecule has 1 aliphatic rings. The Bertz CT molecular complexity index is 1040. The number of carbonyl (C=O) groups excluding carboxylic acids is 1. The minimum Gasteiger partial charge on any atom is -0.474 e. The van der Waals surface area contributed by atoms with Crippen LogP contribution >= 0.6 is 0 Å². The van der Waals surface area contributed by atoms with Gasteiger partial charge < -0.3 is 26.0 Å². The Morgan fingerprint density at radius 1 is 1.24 bits per heavy atom. The molecule has 0 bridgehead atoms. The molecule has 0 spiro atoms. The number of hydrogen-bond acceptors (Lipinski definition) is 6. The summed E-state index contributed by atoms with van der Waals surface area (Å²) >= 11 is 0. The van der Waals surface area contributed by atoms with Gasteiger partial charge in [0.2, 0.25) is 5.88 Å². The first-order valence-electron chi connectivity index (χ1n) is 11.6. The molecule has 178 valence electrons. The molecule has 0 saturated carbocycles.